The number of carbonyl (C=O) groups is 1. The van der Waals surface area contributed by atoms with Gasteiger partial charge in [0.25, 0.3) is 0 Å². The second kappa shape index (κ2) is 6.00. The zero-order chi connectivity index (χ0) is 14.7. The third kappa shape index (κ3) is 2.65. The van der Waals surface area contributed by atoms with Crippen molar-refractivity contribution in [3.05, 3.63) is 29.5 Å². The van der Waals surface area contributed by atoms with Crippen LogP contribution < -0.4 is 4.74 Å². The van der Waals surface area contributed by atoms with E-state index in [2.05, 4.69) is 12.1 Å². The van der Waals surface area contributed by atoms with Crippen molar-refractivity contribution in [2.24, 2.45) is 0 Å². The van der Waals surface area contributed by atoms with Gasteiger partial charge in [0.2, 0.25) is 0 Å². The van der Waals surface area contributed by atoms with E-state index in [4.69, 9.17) is 14.4 Å². The van der Waals surface area contributed by atoms with Gasteiger partial charge in [-0.25, -0.2) is 4.79 Å². The Morgan fingerprint density at radius 3 is 2.70 bits per heavy atom. The van der Waals surface area contributed by atoms with Gasteiger partial charge in [-0.2, -0.15) is 0 Å². The van der Waals surface area contributed by atoms with Crippen molar-refractivity contribution in [1.82, 2.24) is 5.16 Å². The highest BCUT2D eigenvalue weighted by Crippen LogP contribution is 2.36. The van der Waals surface area contributed by atoms with Gasteiger partial charge in [0.15, 0.2) is 11.5 Å². The molecule has 1 aromatic heterocycles. The fourth-order valence-corrected chi connectivity index (χ4v) is 2.63. The molecule has 0 spiro atoms. The first-order valence-electron chi connectivity index (χ1n) is 6.06. The lowest BCUT2D eigenvalue weighted by Gasteiger charge is -2.11. The highest BCUT2D eigenvalue weighted by atomic mass is 32.2. The lowest BCUT2D eigenvalue weighted by Crippen LogP contribution is -1.95. The van der Waals surface area contributed by atoms with E-state index in [-0.39, 0.29) is 5.69 Å². The minimum Gasteiger partial charge on any atom is -0.496 e. The summed E-state index contributed by atoms with van der Waals surface area (Å²) in [5, 5.41) is 12.4. The van der Waals surface area contributed by atoms with Crippen LogP contribution >= 0.6 is 11.8 Å². The summed E-state index contributed by atoms with van der Waals surface area (Å²) >= 11 is 1.63. The van der Waals surface area contributed by atoms with Crippen LogP contribution in [0.4, 0.5) is 0 Å². The Kier molecular flexibility index (Phi) is 4.34. The Bertz CT molecular complexity index is 636. The molecule has 2 rings (SSSR count). The fourth-order valence-electron chi connectivity index (χ4n) is 1.93. The van der Waals surface area contributed by atoms with Crippen LogP contribution in [0.2, 0.25) is 0 Å². The predicted octanol–water partition coefficient (Wildman–Crippen LogP) is 3.33. The molecule has 0 atom stereocenters. The maximum absolute atomic E-state index is 10.9. The lowest BCUT2D eigenvalue weighted by atomic mass is 10.1. The van der Waals surface area contributed by atoms with E-state index in [1.54, 1.807) is 18.9 Å². The number of methoxy groups -OCH3 is 1. The molecule has 0 aliphatic carbocycles. The Balaban J connectivity index is 2.56. The molecular weight excluding hydrogens is 278 g/mol. The normalized spacial score (nSPS) is 10.6. The minimum absolute atomic E-state index is 0.118. The first kappa shape index (κ1) is 14.5. The van der Waals surface area contributed by atoms with Crippen molar-refractivity contribution in [3.8, 4) is 17.1 Å². The molecule has 0 bridgehead atoms. The standard InChI is InChI=1S/C14H15NO4S/c1-4-8-5-11(18-2)9(6-13(8)20-3)12-7-10(14(16)17)15-19-12/h5-7H,4H2,1-3H3,(H,16,17). The summed E-state index contributed by atoms with van der Waals surface area (Å²) in [6, 6.07) is 5.29. The van der Waals surface area contributed by atoms with Crippen LogP contribution in [0.3, 0.4) is 0 Å². The average molecular weight is 293 g/mol. The smallest absolute Gasteiger partial charge is 0.358 e. The van der Waals surface area contributed by atoms with Gasteiger partial charge >= 0.3 is 5.97 Å². The maximum atomic E-state index is 10.9. The lowest BCUT2D eigenvalue weighted by molar-refractivity contribution is 0.0686. The molecule has 2 aromatic rings. The number of hydrogen-bond acceptors (Lipinski definition) is 5. The van der Waals surface area contributed by atoms with E-state index in [1.165, 1.54) is 11.6 Å². The summed E-state index contributed by atoms with van der Waals surface area (Å²) in [7, 11) is 1.57. The van der Waals surface area contributed by atoms with E-state index in [0.29, 0.717) is 17.1 Å². The van der Waals surface area contributed by atoms with Gasteiger partial charge in [-0.05, 0) is 30.4 Å². The highest BCUT2D eigenvalue weighted by molar-refractivity contribution is 7.98. The maximum Gasteiger partial charge on any atom is 0.358 e. The molecule has 0 aliphatic heterocycles. The summed E-state index contributed by atoms with van der Waals surface area (Å²) in [5.41, 5.74) is 1.76. The van der Waals surface area contributed by atoms with Crippen LogP contribution in [-0.2, 0) is 6.42 Å². The zero-order valence-electron chi connectivity index (χ0n) is 11.5. The second-order valence-electron chi connectivity index (χ2n) is 4.10. The van der Waals surface area contributed by atoms with Gasteiger partial charge in [0, 0.05) is 11.0 Å². The number of nitrogens with zero attached hydrogens (tertiary/aromatic N) is 1. The van der Waals surface area contributed by atoms with Crippen LogP contribution in [0.1, 0.15) is 23.0 Å². The molecule has 0 radical (unpaired) electrons. The molecule has 1 heterocycles. The number of rotatable bonds is 5. The van der Waals surface area contributed by atoms with Gasteiger partial charge in [0.1, 0.15) is 5.75 Å². The zero-order valence-corrected chi connectivity index (χ0v) is 12.3. The van der Waals surface area contributed by atoms with Crippen LogP contribution in [0.15, 0.2) is 27.6 Å². The van der Waals surface area contributed by atoms with Gasteiger partial charge in [-0.15, -0.1) is 11.8 Å². The third-order valence-electron chi connectivity index (χ3n) is 2.98. The minimum atomic E-state index is -1.12. The molecule has 0 unspecified atom stereocenters. The Morgan fingerprint density at radius 1 is 1.45 bits per heavy atom. The molecular formula is C14H15NO4S. The third-order valence-corrected chi connectivity index (χ3v) is 3.80. The van der Waals surface area contributed by atoms with E-state index in [0.717, 1.165) is 11.3 Å². The molecule has 0 aliphatic rings. The molecule has 6 heteroatoms. The molecule has 1 N–H and O–H groups in total. The van der Waals surface area contributed by atoms with Crippen molar-refractivity contribution in [3.63, 3.8) is 0 Å². The Labute approximate surface area is 120 Å². The molecule has 106 valence electrons. The summed E-state index contributed by atoms with van der Waals surface area (Å²) in [6.07, 6.45) is 2.89. The van der Waals surface area contributed by atoms with Crippen LogP contribution in [-0.4, -0.2) is 29.6 Å². The van der Waals surface area contributed by atoms with Crippen molar-refractivity contribution < 1.29 is 19.2 Å². The van der Waals surface area contributed by atoms with Crippen LogP contribution in [0.5, 0.6) is 5.75 Å². The number of aromatic nitrogens is 1. The van der Waals surface area contributed by atoms with E-state index in [9.17, 15) is 4.79 Å². The first-order chi connectivity index (χ1) is 9.60. The van der Waals surface area contributed by atoms with Gasteiger partial charge in [-0.3, -0.25) is 0 Å². The summed E-state index contributed by atoms with van der Waals surface area (Å²) < 4.78 is 10.5. The van der Waals surface area contributed by atoms with Crippen LogP contribution in [0, 0.1) is 0 Å². The highest BCUT2D eigenvalue weighted by Gasteiger charge is 2.17. The number of carboxylic acids is 1. The van der Waals surface area contributed by atoms with Crippen molar-refractivity contribution in [1.29, 1.82) is 0 Å². The molecule has 1 aromatic carbocycles. The van der Waals surface area contributed by atoms with E-state index in [1.807, 2.05) is 18.4 Å². The summed E-state index contributed by atoms with van der Waals surface area (Å²) in [6.45, 7) is 2.07. The Morgan fingerprint density at radius 2 is 2.20 bits per heavy atom. The predicted molar refractivity (Wildman–Crippen MR) is 76.6 cm³/mol. The van der Waals surface area contributed by atoms with Gasteiger partial charge in [-0.1, -0.05) is 12.1 Å². The quantitative estimate of drug-likeness (QED) is 0.852. The van der Waals surface area contributed by atoms with Gasteiger partial charge in [0.05, 0.1) is 12.7 Å². The SMILES string of the molecule is CCc1cc(OC)c(-c2cc(C(=O)O)no2)cc1SC. The molecule has 5 nitrogen and oxygen atoms in total. The summed E-state index contributed by atoms with van der Waals surface area (Å²) in [5.74, 6) is -0.0841. The number of benzene rings is 1. The molecule has 0 saturated heterocycles. The second-order valence-corrected chi connectivity index (χ2v) is 4.95. The van der Waals surface area contributed by atoms with E-state index >= 15 is 0 Å². The fraction of sp³-hybridized carbons (Fsp3) is 0.286. The molecule has 0 fully saturated rings. The van der Waals surface area contributed by atoms with E-state index < -0.39 is 5.97 Å². The average Bonchev–Trinajstić information content (AvgIpc) is 2.95. The topological polar surface area (TPSA) is 72.6 Å². The monoisotopic (exact) mass is 293 g/mol. The number of aryl methyl sites for hydroxylation is 1. The molecule has 0 saturated carbocycles. The van der Waals surface area contributed by atoms with Crippen molar-refractivity contribution >= 4 is 17.7 Å². The molecule has 20 heavy (non-hydrogen) atoms. The number of carboxylic acid groups (broad SMARTS) is 1. The number of ether oxygens (including phenoxy) is 1. The van der Waals surface area contributed by atoms with Crippen LogP contribution in [0.25, 0.3) is 11.3 Å². The molecule has 0 amide bonds. The number of thioether (sulfide) groups is 1. The van der Waals surface area contributed by atoms with Gasteiger partial charge < -0.3 is 14.4 Å². The first-order valence-corrected chi connectivity index (χ1v) is 7.28. The van der Waals surface area contributed by atoms with Crippen molar-refractivity contribution in [2.75, 3.05) is 13.4 Å². The summed E-state index contributed by atoms with van der Waals surface area (Å²) in [4.78, 5) is 12.0. The number of hydrogen-bond donors (Lipinski definition) is 1. The largest absolute Gasteiger partial charge is 0.496 e. The Hall–Kier alpha value is -1.95. The number of aromatic carboxylic acids is 1. The van der Waals surface area contributed by atoms with Crippen molar-refractivity contribution in [2.45, 2.75) is 18.2 Å².